The SMILES string of the molecule is CCCC1CN(c2ccc(C(C=O)CCC=O)cc2)CCN1Cc1cccc(S(=O)N2CCC(Nc3ncc(C(F)(F)F)c(-c4cnn(CC(F)(F)F)c4)n3)CC2)c1. The summed E-state index contributed by atoms with van der Waals surface area (Å²) in [6.45, 7) is 4.78. The first-order valence-corrected chi connectivity index (χ1v) is 20.4. The minimum atomic E-state index is -4.85. The van der Waals surface area contributed by atoms with Crippen LogP contribution in [0.15, 0.2) is 72.0 Å². The lowest BCUT2D eigenvalue weighted by Gasteiger charge is -2.42. The molecular formula is C40H46F6N8O3S. The highest BCUT2D eigenvalue weighted by molar-refractivity contribution is 7.82. The van der Waals surface area contributed by atoms with Gasteiger partial charge in [-0.25, -0.2) is 18.5 Å². The van der Waals surface area contributed by atoms with E-state index in [0.717, 1.165) is 74.3 Å². The molecule has 2 fully saturated rings. The molecule has 0 amide bonds. The van der Waals surface area contributed by atoms with E-state index in [2.05, 4.69) is 37.1 Å². The summed E-state index contributed by atoms with van der Waals surface area (Å²) in [5, 5.41) is 6.62. The van der Waals surface area contributed by atoms with E-state index < -0.39 is 41.1 Å². The minimum Gasteiger partial charge on any atom is -0.369 e. The summed E-state index contributed by atoms with van der Waals surface area (Å²) in [4.78, 5) is 35.8. The number of rotatable bonds is 16. The molecule has 0 radical (unpaired) electrons. The van der Waals surface area contributed by atoms with Crippen LogP contribution in [0.4, 0.5) is 38.0 Å². The van der Waals surface area contributed by atoms with Gasteiger partial charge in [0, 0.05) is 87.3 Å². The van der Waals surface area contributed by atoms with Crippen molar-refractivity contribution in [2.45, 2.75) is 93.8 Å². The number of anilines is 2. The van der Waals surface area contributed by atoms with E-state index in [4.69, 9.17) is 0 Å². The van der Waals surface area contributed by atoms with Crippen molar-refractivity contribution in [2.75, 3.05) is 42.9 Å². The summed E-state index contributed by atoms with van der Waals surface area (Å²) in [6.07, 6.45) is -1.46. The van der Waals surface area contributed by atoms with Crippen molar-refractivity contribution >= 4 is 35.2 Å². The van der Waals surface area contributed by atoms with E-state index in [1.165, 1.54) is 0 Å². The molecule has 4 heterocycles. The van der Waals surface area contributed by atoms with Crippen LogP contribution in [0, 0.1) is 0 Å². The van der Waals surface area contributed by atoms with E-state index >= 15 is 0 Å². The average molecular weight is 833 g/mol. The molecule has 312 valence electrons. The lowest BCUT2D eigenvalue weighted by atomic mass is 9.95. The van der Waals surface area contributed by atoms with Gasteiger partial charge < -0.3 is 19.8 Å². The zero-order chi connectivity index (χ0) is 41.5. The van der Waals surface area contributed by atoms with Gasteiger partial charge >= 0.3 is 12.4 Å². The summed E-state index contributed by atoms with van der Waals surface area (Å²) in [7, 11) is -1.45. The van der Waals surface area contributed by atoms with Crippen LogP contribution in [-0.4, -0.2) is 96.7 Å². The molecule has 18 heteroatoms. The third kappa shape index (κ3) is 11.1. The molecule has 2 aliphatic heterocycles. The molecule has 11 nitrogen and oxygen atoms in total. The first kappa shape index (κ1) is 42.9. The van der Waals surface area contributed by atoms with Gasteiger partial charge in [-0.05, 0) is 61.1 Å². The van der Waals surface area contributed by atoms with Gasteiger partial charge in [0.15, 0.2) is 0 Å². The van der Waals surface area contributed by atoms with E-state index in [9.17, 15) is 40.1 Å². The molecule has 3 unspecified atom stereocenters. The lowest BCUT2D eigenvalue weighted by Crippen LogP contribution is -2.52. The Balaban J connectivity index is 1.04. The maximum atomic E-state index is 13.8. The lowest BCUT2D eigenvalue weighted by molar-refractivity contribution is -0.142. The van der Waals surface area contributed by atoms with Crippen LogP contribution >= 0.6 is 0 Å². The number of piperidine rings is 1. The molecule has 0 saturated carbocycles. The summed E-state index contributed by atoms with van der Waals surface area (Å²) >= 11 is 0. The molecule has 6 rings (SSSR count). The van der Waals surface area contributed by atoms with Gasteiger partial charge in [-0.1, -0.05) is 37.6 Å². The van der Waals surface area contributed by atoms with E-state index in [1.54, 1.807) is 0 Å². The van der Waals surface area contributed by atoms with Gasteiger partial charge in [-0.2, -0.15) is 31.4 Å². The second-order valence-corrected chi connectivity index (χ2v) is 16.2. The Morgan fingerprint density at radius 3 is 2.41 bits per heavy atom. The Morgan fingerprint density at radius 1 is 0.983 bits per heavy atom. The number of nitrogens with zero attached hydrogens (tertiary/aromatic N) is 7. The molecule has 2 aliphatic rings. The van der Waals surface area contributed by atoms with Gasteiger partial charge in [0.05, 0.1) is 16.8 Å². The van der Waals surface area contributed by atoms with Crippen molar-refractivity contribution in [2.24, 2.45) is 0 Å². The van der Waals surface area contributed by atoms with Crippen molar-refractivity contribution in [3.05, 3.63) is 83.8 Å². The molecule has 2 saturated heterocycles. The van der Waals surface area contributed by atoms with E-state index in [0.29, 0.717) is 67.1 Å². The van der Waals surface area contributed by atoms with Crippen LogP contribution < -0.4 is 10.2 Å². The normalized spacial score (nSPS) is 18.5. The van der Waals surface area contributed by atoms with Crippen molar-refractivity contribution in [3.8, 4) is 11.3 Å². The highest BCUT2D eigenvalue weighted by Crippen LogP contribution is 2.36. The molecule has 2 aromatic heterocycles. The maximum Gasteiger partial charge on any atom is 0.419 e. The Morgan fingerprint density at radius 2 is 1.74 bits per heavy atom. The number of piperazine rings is 1. The fourth-order valence-electron chi connectivity index (χ4n) is 7.56. The van der Waals surface area contributed by atoms with Crippen molar-refractivity contribution in [1.82, 2.24) is 29.0 Å². The molecule has 0 spiro atoms. The average Bonchev–Trinajstić information content (AvgIpc) is 3.66. The number of benzene rings is 2. The third-order valence-electron chi connectivity index (χ3n) is 10.5. The molecule has 58 heavy (non-hydrogen) atoms. The Hall–Kier alpha value is -4.68. The first-order chi connectivity index (χ1) is 27.7. The first-order valence-electron chi connectivity index (χ1n) is 19.3. The zero-order valence-corrected chi connectivity index (χ0v) is 32.8. The second kappa shape index (κ2) is 18.9. The molecule has 0 bridgehead atoms. The van der Waals surface area contributed by atoms with Crippen molar-refractivity contribution in [1.29, 1.82) is 0 Å². The van der Waals surface area contributed by atoms with Crippen LogP contribution in [0.5, 0.6) is 0 Å². The predicted octanol–water partition coefficient (Wildman–Crippen LogP) is 7.27. The maximum absolute atomic E-state index is 13.8. The molecule has 0 aliphatic carbocycles. The number of nitrogens with one attached hydrogen (secondary N) is 1. The monoisotopic (exact) mass is 832 g/mol. The summed E-state index contributed by atoms with van der Waals surface area (Å²) in [5.74, 6) is -0.399. The third-order valence-corrected chi connectivity index (χ3v) is 12.0. The number of aldehydes is 2. The largest absolute Gasteiger partial charge is 0.419 e. The number of alkyl halides is 6. The quantitative estimate of drug-likeness (QED) is 0.0920. The molecule has 1 N–H and O–H groups in total. The molecule has 2 aromatic carbocycles. The minimum absolute atomic E-state index is 0.103. The zero-order valence-electron chi connectivity index (χ0n) is 32.0. The van der Waals surface area contributed by atoms with Gasteiger partial charge in [-0.3, -0.25) is 9.58 Å². The molecular weight excluding hydrogens is 787 g/mol. The number of carbonyl (C=O) groups is 2. The Kier molecular flexibility index (Phi) is 14.0. The number of aromatic nitrogens is 4. The van der Waals surface area contributed by atoms with Crippen LogP contribution in [0.25, 0.3) is 11.3 Å². The fraction of sp³-hybridized carbons (Fsp3) is 0.475. The Bertz CT molecular complexity index is 2020. The summed E-state index contributed by atoms with van der Waals surface area (Å²) < 4.78 is 96.2. The highest BCUT2D eigenvalue weighted by atomic mass is 32.2. The second-order valence-electron chi connectivity index (χ2n) is 14.7. The number of halogens is 6. The number of hydrogen-bond donors (Lipinski definition) is 1. The van der Waals surface area contributed by atoms with Crippen LogP contribution in [0.3, 0.4) is 0 Å². The standard InChI is InChI=1S/C40H46F6N8O3S/c1-2-5-34-25-52(33-11-9-29(10-12-33)30(26-56)7-4-19-55)18-17-51(34)23-28-6-3-8-35(20-28)58(57)54-15-13-32(14-16-54)49-38-47-22-36(40(44,45)46)37(50-38)31-21-48-53(24-31)27-39(41,42)43/h3,6,8-12,19-22,24,26,30,32,34H,2,4-5,7,13-18,23,25,27H2,1H3,(H,47,49,50). The van der Waals surface area contributed by atoms with Gasteiger partial charge in [0.2, 0.25) is 5.95 Å². The summed E-state index contributed by atoms with van der Waals surface area (Å²) in [5.41, 5.74) is 1.05. The van der Waals surface area contributed by atoms with Gasteiger partial charge in [-0.15, -0.1) is 0 Å². The fourth-order valence-corrected chi connectivity index (χ4v) is 8.84. The van der Waals surface area contributed by atoms with Gasteiger partial charge in [0.1, 0.15) is 35.7 Å². The molecule has 3 atom stereocenters. The smallest absolute Gasteiger partial charge is 0.369 e. The van der Waals surface area contributed by atoms with E-state index in [-0.39, 0.29) is 23.5 Å². The van der Waals surface area contributed by atoms with Crippen LogP contribution in [0.1, 0.15) is 68.1 Å². The van der Waals surface area contributed by atoms with Gasteiger partial charge in [0.25, 0.3) is 0 Å². The Labute approximate surface area is 335 Å². The number of carbonyl (C=O) groups excluding carboxylic acids is 2. The van der Waals surface area contributed by atoms with E-state index in [1.807, 2.05) is 52.8 Å². The van der Waals surface area contributed by atoms with Crippen molar-refractivity contribution < 1.29 is 40.1 Å². The van der Waals surface area contributed by atoms with Crippen LogP contribution in [-0.2, 0) is 39.8 Å². The predicted molar refractivity (Wildman–Crippen MR) is 207 cm³/mol. The van der Waals surface area contributed by atoms with Crippen LogP contribution in [0.2, 0.25) is 0 Å². The van der Waals surface area contributed by atoms with Crippen molar-refractivity contribution in [3.63, 3.8) is 0 Å². The number of hydrogen-bond acceptors (Lipinski definition) is 9. The topological polar surface area (TPSA) is 117 Å². The highest BCUT2D eigenvalue weighted by Gasteiger charge is 2.37. The molecule has 4 aromatic rings. The summed E-state index contributed by atoms with van der Waals surface area (Å²) in [6, 6.07) is 15.9.